The van der Waals surface area contributed by atoms with Gasteiger partial charge in [0.05, 0.1) is 5.69 Å². The fourth-order valence-corrected chi connectivity index (χ4v) is 2.25. The SMILES string of the molecule is CC(C)C1CCc2nc(N)nc(N)c2C1.Cl. The van der Waals surface area contributed by atoms with Crippen LogP contribution in [0, 0.1) is 11.8 Å². The Balaban J connectivity index is 0.00000128. The van der Waals surface area contributed by atoms with Crippen molar-refractivity contribution >= 4 is 24.2 Å². The van der Waals surface area contributed by atoms with Gasteiger partial charge in [-0.2, -0.15) is 4.98 Å². The van der Waals surface area contributed by atoms with Crippen molar-refractivity contribution < 1.29 is 0 Å². The molecule has 0 radical (unpaired) electrons. The minimum Gasteiger partial charge on any atom is -0.383 e. The summed E-state index contributed by atoms with van der Waals surface area (Å²) >= 11 is 0. The van der Waals surface area contributed by atoms with Gasteiger partial charge in [0.15, 0.2) is 0 Å². The van der Waals surface area contributed by atoms with Crippen LogP contribution in [0.1, 0.15) is 31.5 Å². The second kappa shape index (κ2) is 4.87. The molecule has 0 saturated heterocycles. The molecule has 4 nitrogen and oxygen atoms in total. The van der Waals surface area contributed by atoms with Crippen LogP contribution < -0.4 is 11.5 Å². The molecule has 0 saturated carbocycles. The number of nitrogen functional groups attached to an aromatic ring is 2. The number of nitrogens with two attached hydrogens (primary N) is 2. The second-order valence-corrected chi connectivity index (χ2v) is 4.64. The van der Waals surface area contributed by atoms with Crippen molar-refractivity contribution in [2.75, 3.05) is 11.5 Å². The summed E-state index contributed by atoms with van der Waals surface area (Å²) in [6.07, 6.45) is 3.16. The highest BCUT2D eigenvalue weighted by molar-refractivity contribution is 5.85. The topological polar surface area (TPSA) is 77.8 Å². The van der Waals surface area contributed by atoms with Gasteiger partial charge in [-0.1, -0.05) is 13.8 Å². The van der Waals surface area contributed by atoms with Crippen LogP contribution in [0.25, 0.3) is 0 Å². The van der Waals surface area contributed by atoms with Gasteiger partial charge in [-0.05, 0) is 31.1 Å². The predicted octanol–water partition coefficient (Wildman–Crippen LogP) is 1.82. The standard InChI is InChI=1S/C11H18N4.ClH/c1-6(2)7-3-4-9-8(5-7)10(12)15-11(13)14-9;/h6-7H,3-5H2,1-2H3,(H4,12,13,14,15);1H. The minimum atomic E-state index is 0. The van der Waals surface area contributed by atoms with Gasteiger partial charge in [-0.25, -0.2) is 4.98 Å². The van der Waals surface area contributed by atoms with E-state index in [9.17, 15) is 0 Å². The van der Waals surface area contributed by atoms with Gasteiger partial charge in [-0.15, -0.1) is 12.4 Å². The lowest BCUT2D eigenvalue weighted by molar-refractivity contribution is 0.340. The van der Waals surface area contributed by atoms with E-state index in [1.54, 1.807) is 0 Å². The number of hydrogen-bond donors (Lipinski definition) is 2. The molecule has 4 N–H and O–H groups in total. The monoisotopic (exact) mass is 242 g/mol. The van der Waals surface area contributed by atoms with Crippen molar-refractivity contribution in [3.8, 4) is 0 Å². The first-order valence-electron chi connectivity index (χ1n) is 5.48. The van der Waals surface area contributed by atoms with E-state index < -0.39 is 0 Å². The van der Waals surface area contributed by atoms with Crippen LogP contribution in [0.5, 0.6) is 0 Å². The third-order valence-corrected chi connectivity index (χ3v) is 3.30. The quantitative estimate of drug-likeness (QED) is 0.788. The number of aryl methyl sites for hydroxylation is 1. The molecular weight excluding hydrogens is 224 g/mol. The molecule has 16 heavy (non-hydrogen) atoms. The number of aromatic nitrogens is 2. The van der Waals surface area contributed by atoms with Gasteiger partial charge < -0.3 is 11.5 Å². The van der Waals surface area contributed by atoms with E-state index in [4.69, 9.17) is 11.5 Å². The van der Waals surface area contributed by atoms with Crippen LogP contribution in [0.2, 0.25) is 0 Å². The number of rotatable bonds is 1. The highest BCUT2D eigenvalue weighted by atomic mass is 35.5. The van der Waals surface area contributed by atoms with E-state index in [-0.39, 0.29) is 12.4 Å². The van der Waals surface area contributed by atoms with Gasteiger partial charge in [0.25, 0.3) is 0 Å². The summed E-state index contributed by atoms with van der Waals surface area (Å²) < 4.78 is 0. The highest BCUT2D eigenvalue weighted by Gasteiger charge is 2.24. The average Bonchev–Trinajstić information content (AvgIpc) is 2.16. The lowest BCUT2D eigenvalue weighted by Crippen LogP contribution is -2.22. The molecule has 0 bridgehead atoms. The fraction of sp³-hybridized carbons (Fsp3) is 0.636. The maximum absolute atomic E-state index is 5.87. The van der Waals surface area contributed by atoms with Crippen molar-refractivity contribution in [2.45, 2.75) is 33.1 Å². The number of nitrogens with zero attached hydrogens (tertiary/aromatic N) is 2. The number of halogens is 1. The summed E-state index contributed by atoms with van der Waals surface area (Å²) in [5, 5.41) is 0. The third-order valence-electron chi connectivity index (χ3n) is 3.30. The molecule has 1 aromatic rings. The smallest absolute Gasteiger partial charge is 0.222 e. The first-order valence-corrected chi connectivity index (χ1v) is 5.48. The van der Waals surface area contributed by atoms with Gasteiger partial charge in [0.2, 0.25) is 5.95 Å². The van der Waals surface area contributed by atoms with E-state index in [1.165, 1.54) is 6.42 Å². The maximum atomic E-state index is 5.87. The second-order valence-electron chi connectivity index (χ2n) is 4.64. The lowest BCUT2D eigenvalue weighted by atomic mass is 9.80. The molecule has 0 aliphatic heterocycles. The fourth-order valence-electron chi connectivity index (χ4n) is 2.25. The predicted molar refractivity (Wildman–Crippen MR) is 68.5 cm³/mol. The summed E-state index contributed by atoms with van der Waals surface area (Å²) in [6.45, 7) is 4.51. The Kier molecular flexibility index (Phi) is 3.97. The molecule has 90 valence electrons. The zero-order valence-corrected chi connectivity index (χ0v) is 10.5. The Morgan fingerprint density at radius 3 is 2.56 bits per heavy atom. The molecule has 1 atom stereocenters. The van der Waals surface area contributed by atoms with Gasteiger partial charge in [-0.3, -0.25) is 0 Å². The summed E-state index contributed by atoms with van der Waals surface area (Å²) in [6, 6.07) is 0. The van der Waals surface area contributed by atoms with Crippen LogP contribution in [-0.2, 0) is 12.8 Å². The van der Waals surface area contributed by atoms with Gasteiger partial charge in [0.1, 0.15) is 5.82 Å². The Morgan fingerprint density at radius 2 is 1.94 bits per heavy atom. The first kappa shape index (κ1) is 13.0. The molecule has 1 aromatic heterocycles. The van der Waals surface area contributed by atoms with Crippen molar-refractivity contribution in [1.82, 2.24) is 9.97 Å². The summed E-state index contributed by atoms with van der Waals surface area (Å²) in [5.74, 6) is 2.26. The molecular formula is C11H19ClN4. The average molecular weight is 243 g/mol. The number of fused-ring (bicyclic) bond motifs is 1. The van der Waals surface area contributed by atoms with E-state index >= 15 is 0 Å². The first-order chi connectivity index (χ1) is 7.08. The van der Waals surface area contributed by atoms with Crippen LogP contribution in [0.4, 0.5) is 11.8 Å². The number of anilines is 2. The molecule has 0 spiro atoms. The largest absolute Gasteiger partial charge is 0.383 e. The van der Waals surface area contributed by atoms with Crippen molar-refractivity contribution in [1.29, 1.82) is 0 Å². The van der Waals surface area contributed by atoms with Crippen molar-refractivity contribution in [3.05, 3.63) is 11.3 Å². The molecule has 1 aliphatic carbocycles. The van der Waals surface area contributed by atoms with Crippen molar-refractivity contribution in [3.63, 3.8) is 0 Å². The zero-order chi connectivity index (χ0) is 11.0. The summed E-state index contributed by atoms with van der Waals surface area (Å²) in [7, 11) is 0. The maximum Gasteiger partial charge on any atom is 0.222 e. The molecule has 1 aliphatic rings. The van der Waals surface area contributed by atoms with Crippen LogP contribution in [0.3, 0.4) is 0 Å². The Morgan fingerprint density at radius 1 is 1.25 bits per heavy atom. The molecule has 0 aromatic carbocycles. The normalized spacial score (nSPS) is 19.1. The van der Waals surface area contributed by atoms with Crippen LogP contribution in [-0.4, -0.2) is 9.97 Å². The minimum absolute atomic E-state index is 0. The third kappa shape index (κ3) is 2.38. The van der Waals surface area contributed by atoms with Gasteiger partial charge >= 0.3 is 0 Å². The molecule has 1 heterocycles. The Bertz CT molecular complexity index is 378. The summed E-state index contributed by atoms with van der Waals surface area (Å²) in [4.78, 5) is 8.28. The molecule has 0 fully saturated rings. The highest BCUT2D eigenvalue weighted by Crippen LogP contribution is 2.31. The molecule has 5 heteroatoms. The van der Waals surface area contributed by atoms with Crippen molar-refractivity contribution in [2.24, 2.45) is 11.8 Å². The van der Waals surface area contributed by atoms with E-state index in [0.717, 1.165) is 24.1 Å². The lowest BCUT2D eigenvalue weighted by Gasteiger charge is -2.27. The van der Waals surface area contributed by atoms with Gasteiger partial charge in [0, 0.05) is 5.56 Å². The van der Waals surface area contributed by atoms with E-state index in [2.05, 4.69) is 23.8 Å². The Labute approximate surface area is 102 Å². The number of hydrogen-bond acceptors (Lipinski definition) is 4. The van der Waals surface area contributed by atoms with E-state index in [0.29, 0.717) is 23.6 Å². The van der Waals surface area contributed by atoms with Crippen LogP contribution in [0.15, 0.2) is 0 Å². The van der Waals surface area contributed by atoms with Crippen LogP contribution >= 0.6 is 12.4 Å². The molecule has 0 amide bonds. The Hall–Kier alpha value is -1.03. The van der Waals surface area contributed by atoms with E-state index in [1.807, 2.05) is 0 Å². The zero-order valence-electron chi connectivity index (χ0n) is 9.73. The molecule has 2 rings (SSSR count). The molecule has 1 unspecified atom stereocenters. The summed E-state index contributed by atoms with van der Waals surface area (Å²) in [5.41, 5.74) is 13.6.